The summed E-state index contributed by atoms with van der Waals surface area (Å²) in [4.78, 5) is 18.0. The maximum Gasteiger partial charge on any atom is 0.354 e. The summed E-state index contributed by atoms with van der Waals surface area (Å²) in [6.07, 6.45) is 4.17. The molecule has 2 heterocycles. The minimum absolute atomic E-state index is 0.121. The molecule has 1 aromatic heterocycles. The molecule has 17 heavy (non-hydrogen) atoms. The maximum atomic E-state index is 10.8. The van der Waals surface area contributed by atoms with Gasteiger partial charge in [-0.3, -0.25) is 0 Å². The summed E-state index contributed by atoms with van der Waals surface area (Å²) < 4.78 is 0. The Bertz CT molecular complexity index is 392. The van der Waals surface area contributed by atoms with Crippen molar-refractivity contribution in [2.45, 2.75) is 17.7 Å². The van der Waals surface area contributed by atoms with Crippen LogP contribution in [0, 0.1) is 0 Å². The molecule has 1 aliphatic rings. The van der Waals surface area contributed by atoms with Gasteiger partial charge < -0.3 is 10.0 Å². The molecule has 0 radical (unpaired) electrons. The van der Waals surface area contributed by atoms with Crippen molar-refractivity contribution in [2.75, 3.05) is 25.4 Å². The van der Waals surface area contributed by atoms with Crippen molar-refractivity contribution >= 4 is 17.7 Å². The Labute approximate surface area is 105 Å². The summed E-state index contributed by atoms with van der Waals surface area (Å²) in [6, 6.07) is 3.50. The van der Waals surface area contributed by atoms with Gasteiger partial charge in [0.1, 0.15) is 5.69 Å². The summed E-state index contributed by atoms with van der Waals surface area (Å²) in [6.45, 7) is 3.49. The third kappa shape index (κ3) is 3.71. The zero-order valence-electron chi connectivity index (χ0n) is 9.63. The first kappa shape index (κ1) is 12.4. The van der Waals surface area contributed by atoms with Crippen molar-refractivity contribution in [1.29, 1.82) is 0 Å². The number of rotatable bonds is 5. The third-order valence-corrected chi connectivity index (χ3v) is 3.80. The molecule has 1 fully saturated rings. The van der Waals surface area contributed by atoms with Crippen LogP contribution in [0.25, 0.3) is 0 Å². The summed E-state index contributed by atoms with van der Waals surface area (Å²) in [5.41, 5.74) is 0.121. The van der Waals surface area contributed by atoms with Gasteiger partial charge in [-0.2, -0.15) is 0 Å². The van der Waals surface area contributed by atoms with Crippen LogP contribution in [0.3, 0.4) is 0 Å². The molecule has 0 atom stereocenters. The highest BCUT2D eigenvalue weighted by Gasteiger charge is 2.11. The lowest BCUT2D eigenvalue weighted by Crippen LogP contribution is -2.21. The van der Waals surface area contributed by atoms with Crippen LogP contribution in [0.15, 0.2) is 23.2 Å². The van der Waals surface area contributed by atoms with E-state index < -0.39 is 5.97 Å². The molecule has 0 amide bonds. The number of pyridine rings is 1. The van der Waals surface area contributed by atoms with Crippen molar-refractivity contribution in [3.05, 3.63) is 24.0 Å². The fraction of sp³-hybridized carbons (Fsp3) is 0.500. The highest BCUT2D eigenvalue weighted by atomic mass is 32.2. The molecule has 0 bridgehead atoms. The summed E-state index contributed by atoms with van der Waals surface area (Å²) in [5.74, 6) is 0.0373. The number of hydrogen-bond acceptors (Lipinski definition) is 4. The molecule has 4 nitrogen and oxygen atoms in total. The number of nitrogens with zero attached hydrogens (tertiary/aromatic N) is 2. The quantitative estimate of drug-likeness (QED) is 0.812. The second-order valence-electron chi connectivity index (χ2n) is 4.08. The predicted octanol–water partition coefficient (Wildman–Crippen LogP) is 1.97. The smallest absolute Gasteiger partial charge is 0.354 e. The molecule has 92 valence electrons. The van der Waals surface area contributed by atoms with E-state index in [9.17, 15) is 4.79 Å². The van der Waals surface area contributed by atoms with Gasteiger partial charge in [-0.1, -0.05) is 0 Å². The van der Waals surface area contributed by atoms with Crippen LogP contribution < -0.4 is 0 Å². The zero-order chi connectivity index (χ0) is 12.1. The zero-order valence-corrected chi connectivity index (χ0v) is 10.4. The van der Waals surface area contributed by atoms with Gasteiger partial charge in [0.25, 0.3) is 0 Å². The number of aromatic carboxylic acids is 1. The van der Waals surface area contributed by atoms with Crippen molar-refractivity contribution in [1.82, 2.24) is 9.88 Å². The number of carboxylic acid groups (broad SMARTS) is 1. The van der Waals surface area contributed by atoms with Gasteiger partial charge in [0, 0.05) is 23.4 Å². The number of carbonyl (C=O) groups is 1. The summed E-state index contributed by atoms with van der Waals surface area (Å²) in [7, 11) is 0. The first-order valence-corrected chi connectivity index (χ1v) is 6.79. The van der Waals surface area contributed by atoms with Crippen LogP contribution in [-0.2, 0) is 0 Å². The van der Waals surface area contributed by atoms with E-state index in [1.807, 2.05) is 6.07 Å². The molecule has 5 heteroatoms. The van der Waals surface area contributed by atoms with Crippen LogP contribution in [0.2, 0.25) is 0 Å². The van der Waals surface area contributed by atoms with Gasteiger partial charge in [-0.15, -0.1) is 11.8 Å². The topological polar surface area (TPSA) is 53.4 Å². The molecule has 0 spiro atoms. The molecule has 1 aromatic rings. The van der Waals surface area contributed by atoms with Gasteiger partial charge in [0.15, 0.2) is 0 Å². The van der Waals surface area contributed by atoms with Crippen LogP contribution in [0.5, 0.6) is 0 Å². The Morgan fingerprint density at radius 1 is 1.47 bits per heavy atom. The second kappa shape index (κ2) is 6.02. The Hall–Kier alpha value is -1.07. The van der Waals surface area contributed by atoms with E-state index in [0.717, 1.165) is 17.2 Å². The van der Waals surface area contributed by atoms with E-state index in [1.54, 1.807) is 24.0 Å². The standard InChI is InChI=1S/C12H16N2O2S/c15-12(16)11-9-10(3-4-13-11)17-8-7-14-5-1-2-6-14/h3-4,9H,1-2,5-8H2,(H,15,16). The van der Waals surface area contributed by atoms with Crippen molar-refractivity contribution < 1.29 is 9.90 Å². The van der Waals surface area contributed by atoms with E-state index in [0.29, 0.717) is 0 Å². The molecule has 1 saturated heterocycles. The number of thioether (sulfide) groups is 1. The Kier molecular flexibility index (Phi) is 4.39. The van der Waals surface area contributed by atoms with E-state index in [-0.39, 0.29) is 5.69 Å². The Morgan fingerprint density at radius 2 is 2.24 bits per heavy atom. The first-order chi connectivity index (χ1) is 8.25. The summed E-state index contributed by atoms with van der Waals surface area (Å²) >= 11 is 1.69. The second-order valence-corrected chi connectivity index (χ2v) is 5.25. The van der Waals surface area contributed by atoms with Crippen molar-refractivity contribution in [3.8, 4) is 0 Å². The van der Waals surface area contributed by atoms with Crippen LogP contribution in [0.4, 0.5) is 0 Å². The maximum absolute atomic E-state index is 10.8. The average Bonchev–Trinajstić information content (AvgIpc) is 2.82. The molecule has 0 unspecified atom stereocenters. The average molecular weight is 252 g/mol. The van der Waals surface area contributed by atoms with Crippen LogP contribution >= 0.6 is 11.8 Å². The first-order valence-electron chi connectivity index (χ1n) is 5.80. The highest BCUT2D eigenvalue weighted by Crippen LogP contribution is 2.19. The summed E-state index contributed by atoms with van der Waals surface area (Å²) in [5, 5.41) is 8.83. The Morgan fingerprint density at radius 3 is 2.94 bits per heavy atom. The van der Waals surface area contributed by atoms with E-state index in [1.165, 1.54) is 25.9 Å². The highest BCUT2D eigenvalue weighted by molar-refractivity contribution is 7.99. The minimum Gasteiger partial charge on any atom is -0.477 e. The lowest BCUT2D eigenvalue weighted by molar-refractivity contribution is 0.0690. The van der Waals surface area contributed by atoms with Gasteiger partial charge in [0.05, 0.1) is 0 Å². The van der Waals surface area contributed by atoms with Gasteiger partial charge in [-0.05, 0) is 38.1 Å². The molecular formula is C12H16N2O2S. The lowest BCUT2D eigenvalue weighted by Gasteiger charge is -2.13. The lowest BCUT2D eigenvalue weighted by atomic mass is 10.3. The Balaban J connectivity index is 1.81. The van der Waals surface area contributed by atoms with E-state index >= 15 is 0 Å². The van der Waals surface area contributed by atoms with Crippen molar-refractivity contribution in [3.63, 3.8) is 0 Å². The minimum atomic E-state index is -0.966. The number of aromatic nitrogens is 1. The van der Waals surface area contributed by atoms with Crippen molar-refractivity contribution in [2.24, 2.45) is 0 Å². The molecule has 2 rings (SSSR count). The number of hydrogen-bond donors (Lipinski definition) is 1. The fourth-order valence-electron chi connectivity index (χ4n) is 1.92. The molecule has 0 saturated carbocycles. The molecule has 0 aromatic carbocycles. The third-order valence-electron chi connectivity index (χ3n) is 2.83. The predicted molar refractivity (Wildman–Crippen MR) is 67.6 cm³/mol. The number of likely N-dealkylation sites (tertiary alicyclic amines) is 1. The fourth-order valence-corrected chi connectivity index (χ4v) is 2.85. The van der Waals surface area contributed by atoms with Crippen LogP contribution in [-0.4, -0.2) is 46.3 Å². The number of carboxylic acids is 1. The van der Waals surface area contributed by atoms with Crippen LogP contribution in [0.1, 0.15) is 23.3 Å². The molecular weight excluding hydrogens is 236 g/mol. The normalized spacial score (nSPS) is 16.2. The molecule has 0 aliphatic carbocycles. The van der Waals surface area contributed by atoms with Gasteiger partial charge in [-0.25, -0.2) is 9.78 Å². The SMILES string of the molecule is O=C(O)c1cc(SCCN2CCCC2)ccn1. The van der Waals surface area contributed by atoms with E-state index in [4.69, 9.17) is 5.11 Å². The molecule has 1 aliphatic heterocycles. The van der Waals surface area contributed by atoms with Gasteiger partial charge >= 0.3 is 5.97 Å². The van der Waals surface area contributed by atoms with Gasteiger partial charge in [0.2, 0.25) is 0 Å². The molecule has 1 N–H and O–H groups in total. The monoisotopic (exact) mass is 252 g/mol. The largest absolute Gasteiger partial charge is 0.477 e. The van der Waals surface area contributed by atoms with E-state index in [2.05, 4.69) is 9.88 Å².